The van der Waals surface area contributed by atoms with Crippen LogP contribution in [0.15, 0.2) is 23.8 Å². The van der Waals surface area contributed by atoms with Gasteiger partial charge in [0.25, 0.3) is 7.82 Å². The Morgan fingerprint density at radius 2 is 1.48 bits per heavy atom. The van der Waals surface area contributed by atoms with E-state index >= 15 is 0 Å². The van der Waals surface area contributed by atoms with E-state index in [1.54, 1.807) is 0 Å². The summed E-state index contributed by atoms with van der Waals surface area (Å²) < 4.78 is 36.0. The Hall–Kier alpha value is -1.02. The summed E-state index contributed by atoms with van der Waals surface area (Å²) in [7, 11) is 1.35. The van der Waals surface area contributed by atoms with E-state index in [1.165, 1.54) is 128 Å². The second-order valence-corrected chi connectivity index (χ2v) is 24.3. The average molecular weight is 904 g/mol. The van der Waals surface area contributed by atoms with E-state index in [1.807, 2.05) is 21.1 Å². The van der Waals surface area contributed by atoms with Crippen LogP contribution in [0.1, 0.15) is 202 Å². The van der Waals surface area contributed by atoms with Gasteiger partial charge in [0, 0.05) is 6.61 Å². The highest BCUT2D eigenvalue weighted by molar-refractivity contribution is 7.45. The standard InChI is InChI=1S/C54H98NO7P/c1-10-11-12-13-14-15-16-17-18-19-20-21-22-23-24-25-38-59-41-47(42-61-63(57,58)60-39-37-55(7,8)9)62-52(56)45-33-35-53(5)46(40-45)29-30-48-50-32-31-49(44(4)28-26-27-43(2)3)54(50,6)36-34-51(48)53/h17-18,29,43-45,47-51H,10-16,19-28,30-42H2,1-9H3/b18-17-/t44-,45?,47?,48?,49-,50?,51?,53+,54-/m1/s1. The lowest BCUT2D eigenvalue weighted by molar-refractivity contribution is -0.870. The molecular formula is C54H98NO7P. The Bertz CT molecular complexity index is 1420. The molecule has 63 heavy (non-hydrogen) atoms. The summed E-state index contributed by atoms with van der Waals surface area (Å²) in [4.78, 5) is 26.7. The van der Waals surface area contributed by atoms with Crippen LogP contribution < -0.4 is 4.89 Å². The van der Waals surface area contributed by atoms with Crippen molar-refractivity contribution in [1.29, 1.82) is 0 Å². The van der Waals surface area contributed by atoms with E-state index in [-0.39, 0.29) is 37.1 Å². The molecular weight excluding hydrogens is 806 g/mol. The van der Waals surface area contributed by atoms with E-state index in [2.05, 4.69) is 59.8 Å². The largest absolute Gasteiger partial charge is 0.756 e. The average Bonchev–Trinajstić information content (AvgIpc) is 3.58. The first kappa shape index (κ1) is 54.6. The van der Waals surface area contributed by atoms with Crippen molar-refractivity contribution >= 4 is 13.8 Å². The summed E-state index contributed by atoms with van der Waals surface area (Å²) >= 11 is 0. The number of fused-ring (bicyclic) bond motifs is 5. The van der Waals surface area contributed by atoms with E-state index < -0.39 is 13.9 Å². The number of nitrogens with zero attached hydrogens (tertiary/aromatic N) is 1. The van der Waals surface area contributed by atoms with Crippen molar-refractivity contribution in [3.05, 3.63) is 23.8 Å². The van der Waals surface area contributed by atoms with Crippen LogP contribution in [-0.2, 0) is 27.9 Å². The maximum absolute atomic E-state index is 13.9. The monoisotopic (exact) mass is 904 g/mol. The summed E-state index contributed by atoms with van der Waals surface area (Å²) in [5.41, 5.74) is 2.04. The molecule has 0 aliphatic heterocycles. The summed E-state index contributed by atoms with van der Waals surface area (Å²) in [5.74, 6) is 4.17. The lowest BCUT2D eigenvalue weighted by atomic mass is 9.46. The predicted molar refractivity (Wildman–Crippen MR) is 259 cm³/mol. The number of quaternary nitrogens is 1. The number of phosphoric ester groups is 1. The molecule has 0 heterocycles. The Morgan fingerprint density at radius 1 is 0.810 bits per heavy atom. The number of hydrogen-bond acceptors (Lipinski definition) is 7. The van der Waals surface area contributed by atoms with Crippen molar-refractivity contribution in [2.45, 2.75) is 208 Å². The number of phosphoric acid groups is 1. The molecule has 0 aromatic rings. The highest BCUT2D eigenvalue weighted by Gasteiger charge is 2.59. The molecule has 3 fully saturated rings. The van der Waals surface area contributed by atoms with Crippen LogP contribution in [0, 0.1) is 52.3 Å². The maximum Gasteiger partial charge on any atom is 0.309 e. The third-order valence-electron chi connectivity index (χ3n) is 16.5. The van der Waals surface area contributed by atoms with Gasteiger partial charge >= 0.3 is 5.97 Å². The van der Waals surface area contributed by atoms with Gasteiger partial charge in [0.1, 0.15) is 19.3 Å². The van der Waals surface area contributed by atoms with Crippen molar-refractivity contribution in [3.63, 3.8) is 0 Å². The zero-order valence-corrected chi connectivity index (χ0v) is 43.2. The molecule has 0 aromatic carbocycles. The van der Waals surface area contributed by atoms with Crippen molar-refractivity contribution in [1.82, 2.24) is 0 Å². The fourth-order valence-electron chi connectivity index (χ4n) is 12.6. The van der Waals surface area contributed by atoms with Gasteiger partial charge in [-0.1, -0.05) is 142 Å². The first-order valence-electron chi connectivity index (χ1n) is 26.5. The van der Waals surface area contributed by atoms with Gasteiger partial charge in [-0.05, 0) is 130 Å². The zero-order valence-electron chi connectivity index (χ0n) is 42.3. The van der Waals surface area contributed by atoms with E-state index in [0.29, 0.717) is 29.0 Å². The lowest BCUT2D eigenvalue weighted by Gasteiger charge is -2.58. The van der Waals surface area contributed by atoms with Crippen LogP contribution in [0.25, 0.3) is 0 Å². The molecule has 0 spiro atoms. The number of ether oxygens (including phenoxy) is 2. The molecule has 0 bridgehead atoms. The van der Waals surface area contributed by atoms with Crippen LogP contribution >= 0.6 is 7.82 Å². The molecule has 4 rings (SSSR count). The van der Waals surface area contributed by atoms with E-state index in [4.69, 9.17) is 18.5 Å². The molecule has 9 heteroatoms. The minimum Gasteiger partial charge on any atom is -0.756 e. The Balaban J connectivity index is 1.23. The molecule has 4 aliphatic carbocycles. The number of hydrogen-bond donors (Lipinski definition) is 0. The number of likely N-dealkylation sites (N-methyl/N-ethyl adjacent to an activating group) is 1. The fourth-order valence-corrected chi connectivity index (χ4v) is 13.3. The minimum absolute atomic E-state index is 0.0249. The number of esters is 1. The number of rotatable bonds is 32. The normalized spacial score (nSPS) is 29.2. The molecule has 0 amide bonds. The van der Waals surface area contributed by atoms with Gasteiger partial charge in [0.2, 0.25) is 0 Å². The Labute approximate surface area is 388 Å². The quantitative estimate of drug-likeness (QED) is 0.0218. The highest BCUT2D eigenvalue weighted by Crippen LogP contribution is 2.67. The number of allylic oxidation sites excluding steroid dienone is 4. The first-order valence-corrected chi connectivity index (χ1v) is 28.0. The second kappa shape index (κ2) is 27.1. The third-order valence-corrected chi connectivity index (χ3v) is 17.4. The molecule has 366 valence electrons. The van der Waals surface area contributed by atoms with Gasteiger partial charge < -0.3 is 27.9 Å². The lowest BCUT2D eigenvalue weighted by Crippen LogP contribution is -2.51. The number of unbranched alkanes of at least 4 members (excludes halogenated alkanes) is 12. The van der Waals surface area contributed by atoms with Crippen LogP contribution in [-0.4, -0.2) is 70.7 Å². The first-order chi connectivity index (χ1) is 30.0. The van der Waals surface area contributed by atoms with Crippen molar-refractivity contribution in [2.24, 2.45) is 52.3 Å². The number of carbonyl (C=O) groups is 1. The molecule has 8 nitrogen and oxygen atoms in total. The van der Waals surface area contributed by atoms with E-state index in [9.17, 15) is 14.3 Å². The minimum atomic E-state index is -4.58. The third kappa shape index (κ3) is 17.9. The molecule has 0 radical (unpaired) electrons. The fraction of sp³-hybridized carbons (Fsp3) is 0.907. The SMILES string of the molecule is CCCCCCCC/C=C\CCCCCCCCOCC(COP(=O)([O-])OCC[N+](C)(C)C)OC(=O)C1CC[C@@]2(C)C(=CCC3C2CC[C@@]2(C)C3CC[C@@H]2[C@H](C)CCCC(C)C)C1. The molecule has 0 aromatic heterocycles. The molecule has 4 aliphatic rings. The predicted octanol–water partition coefficient (Wildman–Crippen LogP) is 13.8. The van der Waals surface area contributed by atoms with Crippen molar-refractivity contribution < 1.29 is 37.3 Å². The van der Waals surface area contributed by atoms with Gasteiger partial charge in [-0.2, -0.15) is 0 Å². The number of carbonyl (C=O) groups excluding carboxylic acids is 1. The molecule has 3 saturated carbocycles. The molecule has 10 atom stereocenters. The zero-order chi connectivity index (χ0) is 45.9. The van der Waals surface area contributed by atoms with Crippen molar-refractivity contribution in [2.75, 3.05) is 54.1 Å². The highest BCUT2D eigenvalue weighted by atomic mass is 31.2. The van der Waals surface area contributed by atoms with Crippen LogP contribution in [0.3, 0.4) is 0 Å². The van der Waals surface area contributed by atoms with Crippen LogP contribution in [0.5, 0.6) is 0 Å². The van der Waals surface area contributed by atoms with Gasteiger partial charge in [0.05, 0.1) is 40.3 Å². The maximum atomic E-state index is 13.9. The van der Waals surface area contributed by atoms with E-state index in [0.717, 1.165) is 68.1 Å². The second-order valence-electron chi connectivity index (χ2n) is 22.9. The van der Waals surface area contributed by atoms with Crippen LogP contribution in [0.4, 0.5) is 0 Å². The van der Waals surface area contributed by atoms with Crippen LogP contribution in [0.2, 0.25) is 0 Å². The summed E-state index contributed by atoms with van der Waals surface area (Å²) in [5, 5.41) is 0. The molecule has 0 N–H and O–H groups in total. The van der Waals surface area contributed by atoms with Gasteiger partial charge in [-0.25, -0.2) is 0 Å². The molecule has 6 unspecified atom stereocenters. The molecule has 0 saturated heterocycles. The Morgan fingerprint density at radius 3 is 2.14 bits per heavy atom. The summed E-state index contributed by atoms with van der Waals surface area (Å²) in [6.07, 6.45) is 37.0. The van der Waals surface area contributed by atoms with Crippen molar-refractivity contribution in [3.8, 4) is 0 Å². The smallest absolute Gasteiger partial charge is 0.309 e. The topological polar surface area (TPSA) is 94.1 Å². The Kier molecular flexibility index (Phi) is 23.5. The van der Waals surface area contributed by atoms with Gasteiger partial charge in [0.15, 0.2) is 0 Å². The van der Waals surface area contributed by atoms with Gasteiger partial charge in [-0.15, -0.1) is 0 Å². The van der Waals surface area contributed by atoms with Gasteiger partial charge in [-0.3, -0.25) is 9.36 Å². The summed E-state index contributed by atoms with van der Waals surface area (Å²) in [6.45, 7) is 15.6. The summed E-state index contributed by atoms with van der Waals surface area (Å²) in [6, 6.07) is 0.